The van der Waals surface area contributed by atoms with Crippen molar-refractivity contribution in [3.8, 4) is 5.75 Å². The third kappa shape index (κ3) is 4.25. The van der Waals surface area contributed by atoms with Gasteiger partial charge in [0.1, 0.15) is 5.75 Å². The second-order valence-corrected chi connectivity index (χ2v) is 5.07. The lowest BCUT2D eigenvalue weighted by atomic mass is 10.1. The van der Waals surface area contributed by atoms with Crippen LogP contribution in [0.5, 0.6) is 5.75 Å². The van der Waals surface area contributed by atoms with E-state index in [1.54, 1.807) is 13.2 Å². The Morgan fingerprint density at radius 2 is 2.06 bits per heavy atom. The van der Waals surface area contributed by atoms with Crippen molar-refractivity contribution in [2.75, 3.05) is 12.4 Å². The lowest BCUT2D eigenvalue weighted by Crippen LogP contribution is -2.43. The fraction of sp³-hybridized carbons (Fsp3) is 0.462. The summed E-state index contributed by atoms with van der Waals surface area (Å²) in [5.41, 5.74) is 6.84. The lowest BCUT2D eigenvalue weighted by Gasteiger charge is -2.21. The van der Waals surface area contributed by atoms with Crippen molar-refractivity contribution in [2.45, 2.75) is 32.9 Å². The number of methoxy groups -OCH3 is 1. The quantitative estimate of drug-likeness (QED) is 0.769. The Balaban J connectivity index is 2.81. The van der Waals surface area contributed by atoms with Gasteiger partial charge in [0, 0.05) is 12.1 Å². The van der Waals surface area contributed by atoms with E-state index in [4.69, 9.17) is 10.5 Å². The van der Waals surface area contributed by atoms with Crippen LogP contribution in [-0.4, -0.2) is 18.7 Å². The normalized spacial score (nSPS) is 10.9. The zero-order chi connectivity index (χ0) is 13.8. The van der Waals surface area contributed by atoms with Gasteiger partial charge in [0.25, 0.3) is 0 Å². The largest absolute Gasteiger partial charge is 0.495 e. The van der Waals surface area contributed by atoms with Crippen molar-refractivity contribution >= 4 is 11.7 Å². The van der Waals surface area contributed by atoms with Crippen molar-refractivity contribution in [2.24, 2.45) is 5.73 Å². The number of carbonyl (C=O) groups is 1. The van der Waals surface area contributed by atoms with E-state index in [-0.39, 0.29) is 11.6 Å². The Bertz CT molecular complexity index is 425. The second kappa shape index (κ2) is 5.73. The minimum absolute atomic E-state index is 0.263. The molecular weight excluding hydrogens is 230 g/mol. The predicted octanol–water partition coefficient (Wildman–Crippen LogP) is 2.07. The number of amides is 2. The van der Waals surface area contributed by atoms with E-state index >= 15 is 0 Å². The summed E-state index contributed by atoms with van der Waals surface area (Å²) < 4.78 is 5.22. The van der Waals surface area contributed by atoms with Gasteiger partial charge in [0.15, 0.2) is 0 Å². The van der Waals surface area contributed by atoms with Gasteiger partial charge >= 0.3 is 6.03 Å². The van der Waals surface area contributed by atoms with E-state index < -0.39 is 0 Å². The summed E-state index contributed by atoms with van der Waals surface area (Å²) in [5, 5.41) is 5.57. The van der Waals surface area contributed by atoms with Crippen molar-refractivity contribution < 1.29 is 9.53 Å². The molecule has 1 aromatic carbocycles. The highest BCUT2D eigenvalue weighted by Gasteiger charge is 2.15. The molecule has 0 atom stereocenters. The number of rotatable bonds is 3. The van der Waals surface area contributed by atoms with Gasteiger partial charge < -0.3 is 21.1 Å². The number of hydrogen-bond acceptors (Lipinski definition) is 3. The molecule has 1 aromatic rings. The van der Waals surface area contributed by atoms with Crippen LogP contribution in [0.1, 0.15) is 26.3 Å². The number of anilines is 1. The van der Waals surface area contributed by atoms with Gasteiger partial charge in [-0.2, -0.15) is 0 Å². The predicted molar refractivity (Wildman–Crippen MR) is 72.8 cm³/mol. The van der Waals surface area contributed by atoms with Gasteiger partial charge in [-0.25, -0.2) is 4.79 Å². The Morgan fingerprint density at radius 3 is 2.56 bits per heavy atom. The summed E-state index contributed by atoms with van der Waals surface area (Å²) >= 11 is 0. The van der Waals surface area contributed by atoms with E-state index in [1.165, 1.54) is 0 Å². The zero-order valence-corrected chi connectivity index (χ0v) is 11.3. The van der Waals surface area contributed by atoms with Crippen LogP contribution in [0.4, 0.5) is 10.5 Å². The van der Waals surface area contributed by atoms with E-state index in [0.717, 1.165) is 5.56 Å². The van der Waals surface area contributed by atoms with E-state index in [2.05, 4.69) is 10.6 Å². The minimum atomic E-state index is -0.283. The maximum atomic E-state index is 11.7. The van der Waals surface area contributed by atoms with E-state index in [0.29, 0.717) is 18.0 Å². The monoisotopic (exact) mass is 251 g/mol. The maximum Gasteiger partial charge on any atom is 0.319 e. The Morgan fingerprint density at radius 1 is 1.39 bits per heavy atom. The third-order valence-electron chi connectivity index (χ3n) is 2.24. The standard InChI is InChI=1S/C13H21N3O2/c1-13(2,3)16-12(17)15-10-6-5-9(8-14)7-11(10)18-4/h5-7H,8,14H2,1-4H3,(H2,15,16,17). The van der Waals surface area contributed by atoms with Gasteiger partial charge in [-0.05, 0) is 38.5 Å². The molecule has 0 saturated heterocycles. The fourth-order valence-corrected chi connectivity index (χ4v) is 1.46. The molecule has 1 rings (SSSR count). The highest BCUT2D eigenvalue weighted by molar-refractivity contribution is 5.91. The topological polar surface area (TPSA) is 76.4 Å². The van der Waals surface area contributed by atoms with Crippen LogP contribution >= 0.6 is 0 Å². The van der Waals surface area contributed by atoms with E-state index in [9.17, 15) is 4.79 Å². The zero-order valence-electron chi connectivity index (χ0n) is 11.3. The second-order valence-electron chi connectivity index (χ2n) is 5.07. The molecule has 0 aliphatic rings. The fourth-order valence-electron chi connectivity index (χ4n) is 1.46. The molecule has 5 heteroatoms. The molecule has 100 valence electrons. The third-order valence-corrected chi connectivity index (χ3v) is 2.24. The molecule has 0 aliphatic heterocycles. The number of nitrogens with one attached hydrogen (secondary N) is 2. The molecule has 4 N–H and O–H groups in total. The minimum Gasteiger partial charge on any atom is -0.495 e. The van der Waals surface area contributed by atoms with Gasteiger partial charge in [0.05, 0.1) is 12.8 Å². The summed E-state index contributed by atoms with van der Waals surface area (Å²) in [6.07, 6.45) is 0. The molecular formula is C13H21N3O2. The number of ether oxygens (including phenoxy) is 1. The molecule has 0 bridgehead atoms. The van der Waals surface area contributed by atoms with E-state index in [1.807, 2.05) is 32.9 Å². The summed E-state index contributed by atoms with van der Waals surface area (Å²) in [6.45, 7) is 6.19. The lowest BCUT2D eigenvalue weighted by molar-refractivity contribution is 0.243. The SMILES string of the molecule is COc1cc(CN)ccc1NC(=O)NC(C)(C)C. The summed E-state index contributed by atoms with van der Waals surface area (Å²) in [7, 11) is 1.56. The molecule has 2 amide bonds. The number of nitrogens with two attached hydrogens (primary N) is 1. The van der Waals surface area contributed by atoms with Crippen molar-refractivity contribution in [1.29, 1.82) is 0 Å². The van der Waals surface area contributed by atoms with Crippen LogP contribution in [0, 0.1) is 0 Å². The molecule has 0 unspecified atom stereocenters. The first-order chi connectivity index (χ1) is 8.35. The molecule has 0 saturated carbocycles. The number of hydrogen-bond donors (Lipinski definition) is 3. The molecule has 0 aliphatic carbocycles. The smallest absolute Gasteiger partial charge is 0.319 e. The van der Waals surface area contributed by atoms with Crippen LogP contribution in [-0.2, 0) is 6.54 Å². The Kier molecular flexibility index (Phi) is 4.55. The van der Waals surface area contributed by atoms with Crippen LogP contribution in [0.3, 0.4) is 0 Å². The molecule has 0 aromatic heterocycles. The van der Waals surface area contributed by atoms with Gasteiger partial charge in [-0.3, -0.25) is 0 Å². The molecule has 0 spiro atoms. The van der Waals surface area contributed by atoms with Crippen LogP contribution < -0.4 is 21.1 Å². The van der Waals surface area contributed by atoms with Crippen LogP contribution in [0.15, 0.2) is 18.2 Å². The first-order valence-corrected chi connectivity index (χ1v) is 5.82. The van der Waals surface area contributed by atoms with Crippen molar-refractivity contribution in [3.63, 3.8) is 0 Å². The number of benzene rings is 1. The number of carbonyl (C=O) groups excluding carboxylic acids is 1. The molecule has 5 nitrogen and oxygen atoms in total. The van der Waals surface area contributed by atoms with Gasteiger partial charge in [-0.15, -0.1) is 0 Å². The van der Waals surface area contributed by atoms with Crippen molar-refractivity contribution in [1.82, 2.24) is 5.32 Å². The summed E-state index contributed by atoms with van der Waals surface area (Å²) in [6, 6.07) is 5.19. The molecule has 0 fully saturated rings. The summed E-state index contributed by atoms with van der Waals surface area (Å²) in [5.74, 6) is 0.599. The van der Waals surface area contributed by atoms with Gasteiger partial charge in [0.2, 0.25) is 0 Å². The maximum absolute atomic E-state index is 11.7. The molecule has 18 heavy (non-hydrogen) atoms. The highest BCUT2D eigenvalue weighted by Crippen LogP contribution is 2.25. The van der Waals surface area contributed by atoms with Gasteiger partial charge in [-0.1, -0.05) is 6.07 Å². The first-order valence-electron chi connectivity index (χ1n) is 5.82. The number of urea groups is 1. The first kappa shape index (κ1) is 14.3. The highest BCUT2D eigenvalue weighted by atomic mass is 16.5. The Labute approximate surface area is 108 Å². The molecule has 0 radical (unpaired) electrons. The summed E-state index contributed by atoms with van der Waals surface area (Å²) in [4.78, 5) is 11.7. The average molecular weight is 251 g/mol. The van der Waals surface area contributed by atoms with Crippen LogP contribution in [0.2, 0.25) is 0 Å². The Hall–Kier alpha value is -1.75. The van der Waals surface area contributed by atoms with Crippen molar-refractivity contribution in [3.05, 3.63) is 23.8 Å². The van der Waals surface area contributed by atoms with Crippen LogP contribution in [0.25, 0.3) is 0 Å². The molecule has 0 heterocycles. The average Bonchev–Trinajstić information content (AvgIpc) is 2.27.